The van der Waals surface area contributed by atoms with Crippen molar-refractivity contribution in [3.8, 4) is 0 Å². The number of anilines is 1. The molecule has 1 aliphatic rings. The number of aromatic nitrogens is 5. The minimum atomic E-state index is -4.55. The number of hydrogen-bond donors (Lipinski definition) is 0. The number of alkyl halides is 3. The van der Waals surface area contributed by atoms with Crippen LogP contribution in [-0.4, -0.2) is 36.9 Å². The molecule has 7 nitrogen and oxygen atoms in total. The molecular formula is C22H21F3N6O. The summed E-state index contributed by atoms with van der Waals surface area (Å²) in [5.41, 5.74) is 1.95. The van der Waals surface area contributed by atoms with Crippen LogP contribution < -0.4 is 10.5 Å². The summed E-state index contributed by atoms with van der Waals surface area (Å²) in [6, 6.07) is 9.74. The molecule has 0 radical (unpaired) electrons. The lowest BCUT2D eigenvalue weighted by atomic mass is 10.1. The molecule has 10 heteroatoms. The summed E-state index contributed by atoms with van der Waals surface area (Å²) in [5.74, 6) is 0.846. The van der Waals surface area contributed by atoms with Crippen molar-refractivity contribution in [2.75, 3.05) is 11.4 Å². The summed E-state index contributed by atoms with van der Waals surface area (Å²) in [4.78, 5) is 24.1. The molecule has 1 saturated heterocycles. The average molecular weight is 442 g/mol. The van der Waals surface area contributed by atoms with Crippen LogP contribution in [0.15, 0.2) is 41.2 Å². The number of hydrogen-bond acceptors (Lipinski definition) is 5. The molecule has 3 aromatic heterocycles. The standard InChI is InChI=1S/C22H21F3N6O/c1-13-11-19(31-18(26-13)10-14(2)28-31)29-9-5-8-17(29)20-27-16-7-4-3-6-15(16)21(32)30(20)12-22(23,24)25/h3-4,6-7,10-11,17H,5,8-9,12H2,1-2H3. The van der Waals surface area contributed by atoms with Crippen molar-refractivity contribution in [1.29, 1.82) is 0 Å². The van der Waals surface area contributed by atoms with Gasteiger partial charge in [-0.1, -0.05) is 12.1 Å². The van der Waals surface area contributed by atoms with Crippen LogP contribution in [-0.2, 0) is 6.54 Å². The van der Waals surface area contributed by atoms with Crippen molar-refractivity contribution in [2.45, 2.75) is 45.5 Å². The Hall–Kier alpha value is -3.43. The third-order valence-electron chi connectivity index (χ3n) is 5.73. The molecule has 1 atom stereocenters. The third-order valence-corrected chi connectivity index (χ3v) is 5.73. The Labute approximate surface area is 181 Å². The maximum absolute atomic E-state index is 13.4. The van der Waals surface area contributed by atoms with Crippen molar-refractivity contribution >= 4 is 22.4 Å². The van der Waals surface area contributed by atoms with Gasteiger partial charge in [0.25, 0.3) is 5.56 Å². The topological polar surface area (TPSA) is 68.3 Å². The van der Waals surface area contributed by atoms with E-state index >= 15 is 0 Å². The van der Waals surface area contributed by atoms with E-state index in [4.69, 9.17) is 0 Å². The highest BCUT2D eigenvalue weighted by Crippen LogP contribution is 2.36. The Balaban J connectivity index is 1.71. The lowest BCUT2D eigenvalue weighted by molar-refractivity contribution is -0.141. The lowest BCUT2D eigenvalue weighted by Crippen LogP contribution is -2.36. The maximum Gasteiger partial charge on any atom is 0.406 e. The van der Waals surface area contributed by atoms with E-state index in [1.54, 1.807) is 22.7 Å². The first-order valence-corrected chi connectivity index (χ1v) is 10.4. The molecule has 1 aromatic carbocycles. The van der Waals surface area contributed by atoms with Crippen LogP contribution in [0.1, 0.15) is 36.1 Å². The van der Waals surface area contributed by atoms with E-state index in [1.165, 1.54) is 6.07 Å². The zero-order valence-electron chi connectivity index (χ0n) is 17.6. The van der Waals surface area contributed by atoms with Crippen molar-refractivity contribution in [3.63, 3.8) is 0 Å². The molecule has 166 valence electrons. The molecule has 0 spiro atoms. The average Bonchev–Trinajstić information content (AvgIpc) is 3.34. The lowest BCUT2D eigenvalue weighted by Gasteiger charge is -2.29. The molecule has 0 amide bonds. The number of nitrogens with zero attached hydrogens (tertiary/aromatic N) is 6. The van der Waals surface area contributed by atoms with Crippen LogP contribution >= 0.6 is 0 Å². The van der Waals surface area contributed by atoms with E-state index in [9.17, 15) is 18.0 Å². The molecule has 0 saturated carbocycles. The summed E-state index contributed by atoms with van der Waals surface area (Å²) >= 11 is 0. The van der Waals surface area contributed by atoms with Gasteiger partial charge in [0.05, 0.1) is 22.6 Å². The van der Waals surface area contributed by atoms with Crippen molar-refractivity contribution in [2.24, 2.45) is 0 Å². The zero-order valence-corrected chi connectivity index (χ0v) is 17.6. The SMILES string of the molecule is Cc1cc(N2CCCC2c2nc3ccccc3c(=O)n2CC(F)(F)F)n2nc(C)cc2n1. The summed E-state index contributed by atoms with van der Waals surface area (Å²) < 4.78 is 42.8. The molecule has 4 aromatic rings. The van der Waals surface area contributed by atoms with Gasteiger partial charge in [0.2, 0.25) is 0 Å². The normalized spacial score (nSPS) is 17.0. The van der Waals surface area contributed by atoms with Gasteiger partial charge in [0.15, 0.2) is 5.65 Å². The predicted octanol–water partition coefficient (Wildman–Crippen LogP) is 3.96. The monoisotopic (exact) mass is 442 g/mol. The summed E-state index contributed by atoms with van der Waals surface area (Å²) in [7, 11) is 0. The molecule has 1 fully saturated rings. The molecule has 32 heavy (non-hydrogen) atoms. The van der Waals surface area contributed by atoms with Crippen molar-refractivity contribution in [3.05, 3.63) is 64.0 Å². The molecule has 0 N–H and O–H groups in total. The van der Waals surface area contributed by atoms with Crippen molar-refractivity contribution in [1.82, 2.24) is 24.1 Å². The number of benzene rings is 1. The third kappa shape index (κ3) is 3.49. The Morgan fingerprint density at radius 2 is 1.88 bits per heavy atom. The Kier molecular flexibility index (Phi) is 4.68. The summed E-state index contributed by atoms with van der Waals surface area (Å²) in [6.07, 6.45) is -3.22. The Bertz CT molecular complexity index is 1390. The van der Waals surface area contributed by atoms with Gasteiger partial charge in [-0.05, 0) is 38.8 Å². The second kappa shape index (κ2) is 7.32. The van der Waals surface area contributed by atoms with Crippen LogP contribution in [0, 0.1) is 13.8 Å². The molecule has 1 unspecified atom stereocenters. The van der Waals surface area contributed by atoms with Crippen LogP contribution in [0.25, 0.3) is 16.6 Å². The Morgan fingerprint density at radius 3 is 2.66 bits per heavy atom. The van der Waals surface area contributed by atoms with E-state index in [2.05, 4.69) is 15.1 Å². The van der Waals surface area contributed by atoms with E-state index in [0.717, 1.165) is 28.2 Å². The first-order valence-electron chi connectivity index (χ1n) is 10.4. The molecule has 0 bridgehead atoms. The second-order valence-corrected chi connectivity index (χ2v) is 8.16. The van der Waals surface area contributed by atoms with Crippen LogP contribution in [0.4, 0.5) is 19.0 Å². The summed E-state index contributed by atoms with van der Waals surface area (Å²) in [6.45, 7) is 2.96. The fourth-order valence-electron chi connectivity index (χ4n) is 4.48. The number of aryl methyl sites for hydroxylation is 2. The number of halogens is 3. The first-order chi connectivity index (χ1) is 15.2. The van der Waals surface area contributed by atoms with Gasteiger partial charge >= 0.3 is 6.18 Å². The van der Waals surface area contributed by atoms with Crippen molar-refractivity contribution < 1.29 is 13.2 Å². The van der Waals surface area contributed by atoms with Gasteiger partial charge in [-0.2, -0.15) is 22.8 Å². The minimum Gasteiger partial charge on any atom is -0.346 e. The van der Waals surface area contributed by atoms with Gasteiger partial charge in [-0.25, -0.2) is 9.97 Å². The quantitative estimate of drug-likeness (QED) is 0.481. The van der Waals surface area contributed by atoms with Gasteiger partial charge in [0.1, 0.15) is 18.2 Å². The zero-order chi connectivity index (χ0) is 22.6. The van der Waals surface area contributed by atoms with Crippen LogP contribution in [0.5, 0.6) is 0 Å². The highest BCUT2D eigenvalue weighted by atomic mass is 19.4. The van der Waals surface area contributed by atoms with Gasteiger partial charge in [-0.15, -0.1) is 0 Å². The fourth-order valence-corrected chi connectivity index (χ4v) is 4.48. The minimum absolute atomic E-state index is 0.120. The fraction of sp³-hybridized carbons (Fsp3) is 0.364. The molecule has 4 heterocycles. The van der Waals surface area contributed by atoms with E-state index in [0.29, 0.717) is 24.1 Å². The molecule has 5 rings (SSSR count). The number of fused-ring (bicyclic) bond motifs is 2. The summed E-state index contributed by atoms with van der Waals surface area (Å²) in [5, 5.41) is 4.70. The van der Waals surface area contributed by atoms with Gasteiger partial charge < -0.3 is 4.90 Å². The largest absolute Gasteiger partial charge is 0.406 e. The van der Waals surface area contributed by atoms with Crippen LogP contribution in [0.3, 0.4) is 0 Å². The second-order valence-electron chi connectivity index (χ2n) is 8.16. The first kappa shape index (κ1) is 20.5. The molecular weight excluding hydrogens is 421 g/mol. The number of para-hydroxylation sites is 1. The molecule has 0 aliphatic carbocycles. The van der Waals surface area contributed by atoms with E-state index in [1.807, 2.05) is 30.9 Å². The van der Waals surface area contributed by atoms with Crippen LogP contribution in [0.2, 0.25) is 0 Å². The molecule has 1 aliphatic heterocycles. The number of rotatable bonds is 3. The smallest absolute Gasteiger partial charge is 0.346 e. The highest BCUT2D eigenvalue weighted by molar-refractivity contribution is 5.77. The van der Waals surface area contributed by atoms with E-state index in [-0.39, 0.29) is 11.2 Å². The van der Waals surface area contributed by atoms with E-state index < -0.39 is 24.3 Å². The maximum atomic E-state index is 13.4. The predicted molar refractivity (Wildman–Crippen MR) is 114 cm³/mol. The van der Waals surface area contributed by atoms with Gasteiger partial charge in [0, 0.05) is 24.4 Å². The Morgan fingerprint density at radius 1 is 1.09 bits per heavy atom. The van der Waals surface area contributed by atoms with Gasteiger partial charge in [-0.3, -0.25) is 9.36 Å². The highest BCUT2D eigenvalue weighted by Gasteiger charge is 2.36.